The summed E-state index contributed by atoms with van der Waals surface area (Å²) in [5.74, 6) is -1.27. The maximum Gasteiger partial charge on any atom is 0.410 e. The number of ether oxygens (including phenoxy) is 2. The zero-order chi connectivity index (χ0) is 19.5. The van der Waals surface area contributed by atoms with E-state index in [9.17, 15) is 13.6 Å². The van der Waals surface area contributed by atoms with Crippen LogP contribution in [0, 0.1) is 11.6 Å². The molecule has 2 atom stereocenters. The molecule has 0 bridgehead atoms. The molecule has 26 heavy (non-hydrogen) atoms. The second kappa shape index (κ2) is 8.63. The van der Waals surface area contributed by atoms with Crippen LogP contribution in [0.5, 0.6) is 0 Å². The third-order valence-electron chi connectivity index (χ3n) is 4.13. The Morgan fingerprint density at radius 3 is 2.50 bits per heavy atom. The van der Waals surface area contributed by atoms with Crippen molar-refractivity contribution in [1.82, 2.24) is 10.2 Å². The highest BCUT2D eigenvalue weighted by atomic mass is 79.9. The normalized spacial score (nSPS) is 21.0. The average molecular weight is 435 g/mol. The summed E-state index contributed by atoms with van der Waals surface area (Å²) in [4.78, 5) is 13.8. The lowest BCUT2D eigenvalue weighted by Gasteiger charge is -2.38. The van der Waals surface area contributed by atoms with Crippen LogP contribution in [0.1, 0.15) is 32.8 Å². The average Bonchev–Trinajstić information content (AvgIpc) is 2.55. The minimum atomic E-state index is -0.634. The van der Waals surface area contributed by atoms with Gasteiger partial charge in [-0.15, -0.1) is 0 Å². The molecule has 5 nitrogen and oxygen atoms in total. The molecule has 0 aromatic heterocycles. The summed E-state index contributed by atoms with van der Waals surface area (Å²) in [5, 5.41) is 3.27. The first-order chi connectivity index (χ1) is 12.1. The predicted molar refractivity (Wildman–Crippen MR) is 97.9 cm³/mol. The van der Waals surface area contributed by atoms with Gasteiger partial charge in [0.25, 0.3) is 0 Å². The van der Waals surface area contributed by atoms with Crippen molar-refractivity contribution in [2.75, 3.05) is 20.2 Å². The molecule has 0 saturated carbocycles. The zero-order valence-corrected chi connectivity index (χ0v) is 17.0. The summed E-state index contributed by atoms with van der Waals surface area (Å²) in [7, 11) is 1.58. The van der Waals surface area contributed by atoms with Crippen LogP contribution in [-0.2, 0) is 16.0 Å². The molecule has 0 aliphatic carbocycles. The van der Waals surface area contributed by atoms with Crippen molar-refractivity contribution >= 4 is 22.0 Å². The molecule has 8 heteroatoms. The van der Waals surface area contributed by atoms with Gasteiger partial charge in [0, 0.05) is 26.2 Å². The highest BCUT2D eigenvalue weighted by Crippen LogP contribution is 2.22. The molecule has 1 aromatic carbocycles. The molecule has 146 valence electrons. The number of halogens is 3. The van der Waals surface area contributed by atoms with Crippen molar-refractivity contribution in [2.24, 2.45) is 0 Å². The van der Waals surface area contributed by atoms with Crippen molar-refractivity contribution in [2.45, 2.75) is 51.5 Å². The van der Waals surface area contributed by atoms with E-state index in [0.29, 0.717) is 31.6 Å². The molecule has 0 radical (unpaired) electrons. The second-order valence-electron chi connectivity index (χ2n) is 7.35. The van der Waals surface area contributed by atoms with Gasteiger partial charge in [0.1, 0.15) is 17.2 Å². The maximum absolute atomic E-state index is 13.6. The standard InChI is InChI=1S/C18H25BrF2N2O3/c1-18(2,3)26-17(24)23-6-5-14(15(10-23)25-4)22-9-11-7-12(20)16(19)13(21)8-11/h7-8,14-15,22H,5-6,9-10H2,1-4H3. The predicted octanol–water partition coefficient (Wildman–Crippen LogP) is 3.84. The summed E-state index contributed by atoms with van der Waals surface area (Å²) in [6, 6.07) is 2.55. The van der Waals surface area contributed by atoms with Crippen LogP contribution in [0.2, 0.25) is 0 Å². The number of carbonyl (C=O) groups excluding carboxylic acids is 1. The van der Waals surface area contributed by atoms with Crippen LogP contribution in [0.4, 0.5) is 13.6 Å². The number of benzene rings is 1. The first-order valence-corrected chi connectivity index (χ1v) is 9.27. The number of piperidine rings is 1. The van der Waals surface area contributed by atoms with Crippen molar-refractivity contribution in [3.05, 3.63) is 33.8 Å². The van der Waals surface area contributed by atoms with Gasteiger partial charge >= 0.3 is 6.09 Å². The Hall–Kier alpha value is -1.25. The van der Waals surface area contributed by atoms with Gasteiger partial charge in [0.2, 0.25) is 0 Å². The fourth-order valence-corrected chi connectivity index (χ4v) is 3.07. The smallest absolute Gasteiger partial charge is 0.410 e. The Labute approximate surface area is 161 Å². The molecule has 1 saturated heterocycles. The Bertz CT molecular complexity index is 629. The number of hydrogen-bond donors (Lipinski definition) is 1. The molecule has 2 unspecified atom stereocenters. The minimum absolute atomic E-state index is 0.0338. The first-order valence-electron chi connectivity index (χ1n) is 8.48. The summed E-state index contributed by atoms with van der Waals surface area (Å²) in [6.45, 7) is 6.69. The fraction of sp³-hybridized carbons (Fsp3) is 0.611. The van der Waals surface area contributed by atoms with Gasteiger partial charge in [-0.1, -0.05) is 0 Å². The van der Waals surface area contributed by atoms with Crippen molar-refractivity contribution in [3.63, 3.8) is 0 Å². The van der Waals surface area contributed by atoms with Crippen LogP contribution in [0.25, 0.3) is 0 Å². The number of hydrogen-bond acceptors (Lipinski definition) is 4. The molecule has 1 aliphatic rings. The summed E-state index contributed by atoms with van der Waals surface area (Å²) < 4.78 is 38.0. The monoisotopic (exact) mass is 434 g/mol. The molecular formula is C18H25BrF2N2O3. The van der Waals surface area contributed by atoms with E-state index in [1.165, 1.54) is 12.1 Å². The molecule has 1 aliphatic heterocycles. The molecule has 1 fully saturated rings. The number of rotatable bonds is 4. The largest absolute Gasteiger partial charge is 0.444 e. The minimum Gasteiger partial charge on any atom is -0.444 e. The van der Waals surface area contributed by atoms with Gasteiger partial charge in [-0.25, -0.2) is 13.6 Å². The van der Waals surface area contributed by atoms with Crippen LogP contribution >= 0.6 is 15.9 Å². The van der Waals surface area contributed by atoms with Gasteiger partial charge in [-0.05, 0) is 60.8 Å². The Kier molecular flexibility index (Phi) is 6.99. The molecule has 0 spiro atoms. The topological polar surface area (TPSA) is 50.8 Å². The van der Waals surface area contributed by atoms with Gasteiger partial charge in [-0.3, -0.25) is 0 Å². The summed E-state index contributed by atoms with van der Waals surface area (Å²) in [6.07, 6.45) is 0.0515. The van der Waals surface area contributed by atoms with E-state index in [1.807, 2.05) is 20.8 Å². The van der Waals surface area contributed by atoms with Gasteiger partial charge in [0.15, 0.2) is 0 Å². The van der Waals surface area contributed by atoms with E-state index in [2.05, 4.69) is 21.2 Å². The first kappa shape index (κ1) is 21.1. The fourth-order valence-electron chi connectivity index (χ4n) is 2.84. The van der Waals surface area contributed by atoms with Gasteiger partial charge in [0.05, 0.1) is 17.1 Å². The molecular weight excluding hydrogens is 410 g/mol. The number of nitrogens with one attached hydrogen (secondary N) is 1. The number of carbonyl (C=O) groups is 1. The van der Waals surface area contributed by atoms with E-state index in [4.69, 9.17) is 9.47 Å². The van der Waals surface area contributed by atoms with E-state index in [0.717, 1.165) is 0 Å². The Morgan fingerprint density at radius 1 is 1.35 bits per heavy atom. The number of amides is 1. The highest BCUT2D eigenvalue weighted by Gasteiger charge is 2.33. The third-order valence-corrected chi connectivity index (χ3v) is 4.88. The van der Waals surface area contributed by atoms with E-state index < -0.39 is 17.2 Å². The Balaban J connectivity index is 1.94. The second-order valence-corrected chi connectivity index (χ2v) is 8.14. The van der Waals surface area contributed by atoms with Crippen LogP contribution in [-0.4, -0.2) is 48.9 Å². The lowest BCUT2D eigenvalue weighted by molar-refractivity contribution is -0.0184. The number of likely N-dealkylation sites (tertiary alicyclic amines) is 1. The van der Waals surface area contributed by atoms with Crippen molar-refractivity contribution in [1.29, 1.82) is 0 Å². The summed E-state index contributed by atoms with van der Waals surface area (Å²) >= 11 is 2.86. The molecule has 1 aromatic rings. The van der Waals surface area contributed by atoms with Crippen LogP contribution in [0.15, 0.2) is 16.6 Å². The van der Waals surface area contributed by atoms with E-state index in [-0.39, 0.29) is 22.7 Å². The van der Waals surface area contributed by atoms with Crippen molar-refractivity contribution < 1.29 is 23.0 Å². The lowest BCUT2D eigenvalue weighted by Crippen LogP contribution is -2.55. The quantitative estimate of drug-likeness (QED) is 0.731. The zero-order valence-electron chi connectivity index (χ0n) is 15.4. The van der Waals surface area contributed by atoms with Gasteiger partial charge in [-0.2, -0.15) is 0 Å². The maximum atomic E-state index is 13.6. The van der Waals surface area contributed by atoms with Crippen LogP contribution in [0.3, 0.4) is 0 Å². The van der Waals surface area contributed by atoms with Gasteiger partial charge < -0.3 is 19.7 Å². The van der Waals surface area contributed by atoms with Crippen molar-refractivity contribution in [3.8, 4) is 0 Å². The molecule has 2 rings (SSSR count). The molecule has 1 amide bonds. The highest BCUT2D eigenvalue weighted by molar-refractivity contribution is 9.10. The number of methoxy groups -OCH3 is 1. The third kappa shape index (κ3) is 5.62. The Morgan fingerprint density at radius 2 is 1.96 bits per heavy atom. The summed E-state index contributed by atoms with van der Waals surface area (Å²) in [5.41, 5.74) is -0.0441. The molecule has 1 heterocycles. The van der Waals surface area contributed by atoms with Crippen LogP contribution < -0.4 is 5.32 Å². The SMILES string of the molecule is COC1CN(C(=O)OC(C)(C)C)CCC1NCc1cc(F)c(Br)c(F)c1. The lowest BCUT2D eigenvalue weighted by atomic mass is 10.0. The number of nitrogens with zero attached hydrogens (tertiary/aromatic N) is 1. The van der Waals surface area contributed by atoms with E-state index in [1.54, 1.807) is 12.0 Å². The molecule has 1 N–H and O–H groups in total. The van der Waals surface area contributed by atoms with E-state index >= 15 is 0 Å².